The number of amides is 3. The number of nitrogens with one attached hydrogen (secondary N) is 2. The van der Waals surface area contributed by atoms with Crippen LogP contribution in [0.3, 0.4) is 0 Å². The Morgan fingerprint density at radius 1 is 1.42 bits per heavy atom. The first-order chi connectivity index (χ1) is 12.2. The highest BCUT2D eigenvalue weighted by atomic mass is 16.5. The third-order valence-corrected chi connectivity index (χ3v) is 4.34. The van der Waals surface area contributed by atoms with E-state index in [1.54, 1.807) is 31.4 Å². The van der Waals surface area contributed by atoms with Gasteiger partial charge in [0.25, 0.3) is 11.8 Å². The van der Waals surface area contributed by atoms with Crippen molar-refractivity contribution in [2.24, 2.45) is 5.92 Å². The lowest BCUT2D eigenvalue weighted by atomic mass is 9.92. The van der Waals surface area contributed by atoms with Gasteiger partial charge in [0.1, 0.15) is 11.8 Å². The van der Waals surface area contributed by atoms with Gasteiger partial charge in [0.05, 0.1) is 7.11 Å². The quantitative estimate of drug-likeness (QED) is 0.513. The maximum absolute atomic E-state index is 12.6. The van der Waals surface area contributed by atoms with Crippen LogP contribution in [0.4, 0.5) is 0 Å². The Bertz CT molecular complexity index is 706. The van der Waals surface area contributed by atoms with Crippen LogP contribution in [0.5, 0.6) is 5.75 Å². The van der Waals surface area contributed by atoms with Crippen molar-refractivity contribution in [3.05, 3.63) is 29.8 Å². The van der Waals surface area contributed by atoms with Crippen LogP contribution in [0.25, 0.3) is 0 Å². The average Bonchev–Trinajstić information content (AvgIpc) is 2.61. The largest absolute Gasteiger partial charge is 0.497 e. The zero-order chi connectivity index (χ0) is 19.5. The molecule has 1 fully saturated rings. The number of hydrogen-bond donors (Lipinski definition) is 3. The number of hydroxylamine groups is 2. The first kappa shape index (κ1) is 19.7. The van der Waals surface area contributed by atoms with E-state index in [-0.39, 0.29) is 12.5 Å². The highest BCUT2D eigenvalue weighted by Crippen LogP contribution is 2.22. The molecule has 8 heteroatoms. The monoisotopic (exact) mass is 363 g/mol. The molecule has 0 bridgehead atoms. The lowest BCUT2D eigenvalue weighted by molar-refractivity contribution is -0.196. The second-order valence-corrected chi connectivity index (χ2v) is 6.94. The Balaban J connectivity index is 2.09. The predicted octanol–water partition coefficient (Wildman–Crippen LogP) is 0.832. The SMILES string of the molecule is COc1cccc(CNC(=O)C2(C)NC(=O)C(CC(C)C)N(O)C2=O)c1. The van der Waals surface area contributed by atoms with Crippen molar-refractivity contribution in [3.63, 3.8) is 0 Å². The van der Waals surface area contributed by atoms with E-state index in [0.29, 0.717) is 17.2 Å². The van der Waals surface area contributed by atoms with Crippen molar-refractivity contribution < 1.29 is 24.3 Å². The molecule has 0 spiro atoms. The Morgan fingerprint density at radius 3 is 2.73 bits per heavy atom. The third kappa shape index (κ3) is 3.96. The second kappa shape index (κ2) is 7.74. The molecular weight excluding hydrogens is 338 g/mol. The van der Waals surface area contributed by atoms with Gasteiger partial charge in [-0.1, -0.05) is 26.0 Å². The van der Waals surface area contributed by atoms with Gasteiger partial charge in [-0.2, -0.15) is 0 Å². The van der Waals surface area contributed by atoms with Crippen molar-refractivity contribution in [3.8, 4) is 5.75 Å². The maximum Gasteiger partial charge on any atom is 0.281 e. The highest BCUT2D eigenvalue weighted by molar-refractivity contribution is 6.14. The average molecular weight is 363 g/mol. The normalized spacial score (nSPS) is 23.0. The summed E-state index contributed by atoms with van der Waals surface area (Å²) in [6.45, 7) is 5.18. The molecule has 3 amide bonds. The Kier molecular flexibility index (Phi) is 5.86. The summed E-state index contributed by atoms with van der Waals surface area (Å²) in [7, 11) is 1.54. The Morgan fingerprint density at radius 2 is 2.12 bits per heavy atom. The molecule has 1 aromatic rings. The van der Waals surface area contributed by atoms with E-state index in [1.807, 2.05) is 13.8 Å². The van der Waals surface area contributed by atoms with Gasteiger partial charge >= 0.3 is 0 Å². The number of ether oxygens (including phenoxy) is 1. The first-order valence-corrected chi connectivity index (χ1v) is 8.44. The van der Waals surface area contributed by atoms with E-state index in [1.165, 1.54) is 6.92 Å². The number of methoxy groups -OCH3 is 1. The lowest BCUT2D eigenvalue weighted by Crippen LogP contribution is -2.73. The van der Waals surface area contributed by atoms with Gasteiger partial charge in [0.2, 0.25) is 5.91 Å². The van der Waals surface area contributed by atoms with Gasteiger partial charge in [-0.05, 0) is 37.0 Å². The molecule has 0 aliphatic carbocycles. The van der Waals surface area contributed by atoms with Crippen LogP contribution in [0, 0.1) is 5.92 Å². The fraction of sp³-hybridized carbons (Fsp3) is 0.500. The third-order valence-electron chi connectivity index (χ3n) is 4.34. The summed E-state index contributed by atoms with van der Waals surface area (Å²) >= 11 is 0. The number of hydrogen-bond acceptors (Lipinski definition) is 5. The molecule has 1 aromatic carbocycles. The molecule has 1 heterocycles. The molecule has 26 heavy (non-hydrogen) atoms. The summed E-state index contributed by atoms with van der Waals surface area (Å²) in [4.78, 5) is 37.4. The van der Waals surface area contributed by atoms with Gasteiger partial charge in [-0.3, -0.25) is 19.6 Å². The summed E-state index contributed by atoms with van der Waals surface area (Å²) < 4.78 is 5.12. The summed E-state index contributed by atoms with van der Waals surface area (Å²) in [5.41, 5.74) is -1.09. The Hall–Kier alpha value is -2.61. The molecular formula is C18H25N3O5. The molecule has 2 rings (SSSR count). The van der Waals surface area contributed by atoms with E-state index in [9.17, 15) is 19.6 Å². The number of rotatable bonds is 6. The van der Waals surface area contributed by atoms with Gasteiger partial charge in [0.15, 0.2) is 5.54 Å². The summed E-state index contributed by atoms with van der Waals surface area (Å²) in [5.74, 6) is -1.37. The molecule has 0 saturated carbocycles. The van der Waals surface area contributed by atoms with Crippen LogP contribution in [-0.2, 0) is 20.9 Å². The van der Waals surface area contributed by atoms with Crippen LogP contribution >= 0.6 is 0 Å². The molecule has 1 aliphatic heterocycles. The second-order valence-electron chi connectivity index (χ2n) is 6.94. The van der Waals surface area contributed by atoms with E-state index in [0.717, 1.165) is 5.56 Å². The molecule has 2 unspecified atom stereocenters. The molecule has 3 N–H and O–H groups in total. The van der Waals surface area contributed by atoms with Crippen LogP contribution in [0.1, 0.15) is 32.8 Å². The zero-order valence-corrected chi connectivity index (χ0v) is 15.4. The molecule has 8 nitrogen and oxygen atoms in total. The van der Waals surface area contributed by atoms with Crippen LogP contribution in [0.15, 0.2) is 24.3 Å². The van der Waals surface area contributed by atoms with Crippen molar-refractivity contribution in [2.45, 2.75) is 45.3 Å². The minimum atomic E-state index is -1.86. The van der Waals surface area contributed by atoms with Gasteiger partial charge in [-0.15, -0.1) is 0 Å². The predicted molar refractivity (Wildman–Crippen MR) is 93.3 cm³/mol. The van der Waals surface area contributed by atoms with Crippen LogP contribution < -0.4 is 15.4 Å². The summed E-state index contributed by atoms with van der Waals surface area (Å²) in [6, 6.07) is 6.10. The first-order valence-electron chi connectivity index (χ1n) is 8.44. The van der Waals surface area contributed by atoms with Gasteiger partial charge in [0, 0.05) is 6.54 Å². The molecule has 142 valence electrons. The maximum atomic E-state index is 12.6. The standard InChI is InChI=1S/C18H25N3O5/c1-11(2)8-14-15(22)20-18(3,17(24)21(14)25)16(23)19-10-12-6-5-7-13(9-12)26-4/h5-7,9,11,14,25H,8,10H2,1-4H3,(H,19,23)(H,20,22). The van der Waals surface area contributed by atoms with Crippen molar-refractivity contribution >= 4 is 17.7 Å². The summed E-state index contributed by atoms with van der Waals surface area (Å²) in [5, 5.41) is 15.6. The van der Waals surface area contributed by atoms with Gasteiger partial charge in [-0.25, -0.2) is 5.06 Å². The minimum absolute atomic E-state index is 0.0967. The van der Waals surface area contributed by atoms with E-state index in [2.05, 4.69) is 10.6 Å². The van der Waals surface area contributed by atoms with E-state index in [4.69, 9.17) is 4.74 Å². The van der Waals surface area contributed by atoms with Gasteiger partial charge < -0.3 is 15.4 Å². The van der Waals surface area contributed by atoms with E-state index >= 15 is 0 Å². The molecule has 0 radical (unpaired) electrons. The molecule has 1 aliphatic rings. The lowest BCUT2D eigenvalue weighted by Gasteiger charge is -2.40. The van der Waals surface area contributed by atoms with Crippen LogP contribution in [0.2, 0.25) is 0 Å². The highest BCUT2D eigenvalue weighted by Gasteiger charge is 2.52. The number of carbonyl (C=O) groups is 3. The number of piperazine rings is 1. The number of benzene rings is 1. The fourth-order valence-corrected chi connectivity index (χ4v) is 2.81. The fourth-order valence-electron chi connectivity index (χ4n) is 2.81. The zero-order valence-electron chi connectivity index (χ0n) is 15.4. The topological polar surface area (TPSA) is 108 Å². The number of nitrogens with zero attached hydrogens (tertiary/aromatic N) is 1. The van der Waals surface area contributed by atoms with Crippen LogP contribution in [-0.4, -0.2) is 46.7 Å². The minimum Gasteiger partial charge on any atom is -0.497 e. The smallest absolute Gasteiger partial charge is 0.281 e. The Labute approximate surface area is 152 Å². The van der Waals surface area contributed by atoms with Crippen molar-refractivity contribution in [1.82, 2.24) is 15.7 Å². The molecule has 0 aromatic heterocycles. The van der Waals surface area contributed by atoms with E-state index < -0.39 is 29.3 Å². The van der Waals surface area contributed by atoms with Crippen molar-refractivity contribution in [1.29, 1.82) is 0 Å². The molecule has 2 atom stereocenters. The summed E-state index contributed by atoms with van der Waals surface area (Å²) in [6.07, 6.45) is 0.301. The number of carbonyl (C=O) groups excluding carboxylic acids is 3. The molecule has 1 saturated heterocycles. The van der Waals surface area contributed by atoms with Crippen molar-refractivity contribution in [2.75, 3.05) is 7.11 Å².